The fourth-order valence-electron chi connectivity index (χ4n) is 2.56. The first-order valence-corrected chi connectivity index (χ1v) is 8.21. The number of amides is 1. The number of fused-ring (bicyclic) bond motifs is 1. The lowest BCUT2D eigenvalue weighted by atomic mass is 10.00. The molecule has 2 rings (SSSR count). The fourth-order valence-corrected chi connectivity index (χ4v) is 2.78. The number of carbonyl (C=O) groups is 1. The zero-order valence-corrected chi connectivity index (χ0v) is 15.2. The molecule has 1 atom stereocenters. The van der Waals surface area contributed by atoms with Crippen molar-refractivity contribution < 1.29 is 14.3 Å². The summed E-state index contributed by atoms with van der Waals surface area (Å²) in [5.74, 6) is 0.350. The van der Waals surface area contributed by atoms with Gasteiger partial charge in [-0.1, -0.05) is 11.6 Å². The zero-order valence-electron chi connectivity index (χ0n) is 14.4. The van der Waals surface area contributed by atoms with Gasteiger partial charge >= 0.3 is 0 Å². The number of aromatic nitrogens is 1. The Balaban J connectivity index is 1.96. The summed E-state index contributed by atoms with van der Waals surface area (Å²) < 4.78 is 11.0. The molecule has 1 unspecified atom stereocenters. The van der Waals surface area contributed by atoms with Gasteiger partial charge in [0, 0.05) is 24.7 Å². The number of pyridine rings is 1. The molecule has 1 aromatic carbocycles. The van der Waals surface area contributed by atoms with E-state index in [-0.39, 0.29) is 24.2 Å². The van der Waals surface area contributed by atoms with Gasteiger partial charge in [-0.15, -0.1) is 0 Å². The molecule has 0 spiro atoms. The minimum absolute atomic E-state index is 0.0175. The van der Waals surface area contributed by atoms with Crippen molar-refractivity contribution in [1.82, 2.24) is 10.3 Å². The first kappa shape index (κ1) is 18.5. The van der Waals surface area contributed by atoms with Crippen molar-refractivity contribution in [3.05, 3.63) is 35.5 Å². The molecule has 2 aromatic rings. The Hall–Kier alpha value is -1.85. The highest BCUT2D eigenvalue weighted by Crippen LogP contribution is 2.29. The molecule has 1 aromatic heterocycles. The van der Waals surface area contributed by atoms with Crippen molar-refractivity contribution in [1.29, 1.82) is 0 Å². The topological polar surface area (TPSA) is 60.5 Å². The molecule has 1 N–H and O–H groups in total. The van der Waals surface area contributed by atoms with Crippen LogP contribution in [0.15, 0.2) is 30.5 Å². The Kier molecular flexibility index (Phi) is 6.02. The molecule has 0 radical (unpaired) electrons. The minimum atomic E-state index is -0.288. The molecule has 0 saturated carbocycles. The number of halogens is 1. The van der Waals surface area contributed by atoms with E-state index in [0.29, 0.717) is 22.7 Å². The van der Waals surface area contributed by atoms with Crippen LogP contribution in [-0.4, -0.2) is 36.3 Å². The third-order valence-electron chi connectivity index (χ3n) is 3.80. The Labute approximate surface area is 147 Å². The summed E-state index contributed by atoms with van der Waals surface area (Å²) in [4.78, 5) is 16.4. The molecule has 0 aliphatic carbocycles. The van der Waals surface area contributed by atoms with Crippen molar-refractivity contribution in [2.45, 2.75) is 38.8 Å². The summed E-state index contributed by atoms with van der Waals surface area (Å²) >= 11 is 6.15. The van der Waals surface area contributed by atoms with E-state index in [1.807, 2.05) is 32.9 Å². The SMILES string of the molecule is COC(C)(C)CC(C)NC(=O)COc1ccc(Cl)c2cccnc12. The monoisotopic (exact) mass is 350 g/mol. The summed E-state index contributed by atoms with van der Waals surface area (Å²) in [7, 11) is 1.66. The molecule has 0 fully saturated rings. The smallest absolute Gasteiger partial charge is 0.258 e. The second-order valence-electron chi connectivity index (χ2n) is 6.37. The van der Waals surface area contributed by atoms with Crippen LogP contribution in [0.1, 0.15) is 27.2 Å². The number of benzene rings is 1. The van der Waals surface area contributed by atoms with Crippen LogP contribution in [0.25, 0.3) is 10.9 Å². The van der Waals surface area contributed by atoms with Crippen molar-refractivity contribution in [2.24, 2.45) is 0 Å². The Morgan fingerprint density at radius 2 is 2.12 bits per heavy atom. The van der Waals surface area contributed by atoms with Gasteiger partial charge in [-0.25, -0.2) is 0 Å². The largest absolute Gasteiger partial charge is 0.481 e. The highest BCUT2D eigenvalue weighted by Gasteiger charge is 2.21. The van der Waals surface area contributed by atoms with Gasteiger partial charge in [-0.2, -0.15) is 0 Å². The summed E-state index contributed by atoms with van der Waals surface area (Å²) in [6.07, 6.45) is 2.38. The fraction of sp³-hybridized carbons (Fsp3) is 0.444. The summed E-state index contributed by atoms with van der Waals surface area (Å²) in [5, 5.41) is 4.31. The predicted octanol–water partition coefficient (Wildman–Crippen LogP) is 3.59. The molecular formula is C18H23ClN2O3. The van der Waals surface area contributed by atoms with Crippen LogP contribution in [-0.2, 0) is 9.53 Å². The van der Waals surface area contributed by atoms with Crippen LogP contribution in [0.4, 0.5) is 0 Å². The molecule has 24 heavy (non-hydrogen) atoms. The maximum Gasteiger partial charge on any atom is 0.258 e. The number of nitrogens with one attached hydrogen (secondary N) is 1. The molecule has 0 bridgehead atoms. The standard InChI is InChI=1S/C18H23ClN2O3/c1-12(10-18(2,3)23-4)21-16(22)11-24-15-8-7-14(19)13-6-5-9-20-17(13)15/h5-9,12H,10-11H2,1-4H3,(H,21,22). The van der Waals surface area contributed by atoms with Gasteiger partial charge in [0.2, 0.25) is 0 Å². The molecular weight excluding hydrogens is 328 g/mol. The van der Waals surface area contributed by atoms with Crippen LogP contribution in [0.5, 0.6) is 5.75 Å². The number of ether oxygens (including phenoxy) is 2. The lowest BCUT2D eigenvalue weighted by Gasteiger charge is -2.27. The first-order valence-electron chi connectivity index (χ1n) is 7.83. The molecule has 6 heteroatoms. The van der Waals surface area contributed by atoms with E-state index in [1.165, 1.54) is 0 Å². The van der Waals surface area contributed by atoms with Crippen LogP contribution in [0.3, 0.4) is 0 Å². The van der Waals surface area contributed by atoms with Gasteiger partial charge in [0.25, 0.3) is 5.91 Å². The number of hydrogen-bond donors (Lipinski definition) is 1. The van der Waals surface area contributed by atoms with Crippen LogP contribution < -0.4 is 10.1 Å². The quantitative estimate of drug-likeness (QED) is 0.829. The molecule has 0 aliphatic heterocycles. The summed E-state index contributed by atoms with van der Waals surface area (Å²) in [5.41, 5.74) is 0.357. The number of rotatable bonds is 7. The van der Waals surface area contributed by atoms with Gasteiger partial charge in [-0.3, -0.25) is 9.78 Å². The lowest BCUT2D eigenvalue weighted by molar-refractivity contribution is -0.124. The molecule has 130 valence electrons. The Bertz CT molecular complexity index is 718. The van der Waals surface area contributed by atoms with E-state index in [2.05, 4.69) is 10.3 Å². The van der Waals surface area contributed by atoms with Gasteiger partial charge in [0.1, 0.15) is 11.3 Å². The third kappa shape index (κ3) is 4.82. The van der Waals surface area contributed by atoms with Crippen molar-refractivity contribution >= 4 is 28.4 Å². The van der Waals surface area contributed by atoms with Gasteiger partial charge in [0.05, 0.1) is 10.6 Å². The number of nitrogens with zero attached hydrogens (tertiary/aromatic N) is 1. The van der Waals surface area contributed by atoms with E-state index in [9.17, 15) is 4.79 Å². The normalized spacial score (nSPS) is 12.9. The highest BCUT2D eigenvalue weighted by molar-refractivity contribution is 6.35. The van der Waals surface area contributed by atoms with E-state index < -0.39 is 0 Å². The van der Waals surface area contributed by atoms with Crippen molar-refractivity contribution in [2.75, 3.05) is 13.7 Å². The van der Waals surface area contributed by atoms with Crippen LogP contribution in [0.2, 0.25) is 5.02 Å². The van der Waals surface area contributed by atoms with E-state index in [1.54, 1.807) is 25.4 Å². The second kappa shape index (κ2) is 7.81. The number of methoxy groups -OCH3 is 1. The predicted molar refractivity (Wildman–Crippen MR) is 95.6 cm³/mol. The average Bonchev–Trinajstić information content (AvgIpc) is 2.54. The molecule has 0 aliphatic rings. The number of hydrogen-bond acceptors (Lipinski definition) is 4. The minimum Gasteiger partial charge on any atom is -0.481 e. The molecule has 1 amide bonds. The number of carbonyl (C=O) groups excluding carboxylic acids is 1. The summed E-state index contributed by atoms with van der Waals surface area (Å²) in [6, 6.07) is 7.12. The van der Waals surface area contributed by atoms with Gasteiger partial charge in [-0.05, 0) is 51.5 Å². The van der Waals surface area contributed by atoms with Crippen molar-refractivity contribution in [3.8, 4) is 5.75 Å². The second-order valence-corrected chi connectivity index (χ2v) is 6.78. The van der Waals surface area contributed by atoms with Gasteiger partial charge < -0.3 is 14.8 Å². The van der Waals surface area contributed by atoms with Crippen LogP contribution in [0, 0.1) is 0 Å². The highest BCUT2D eigenvalue weighted by atomic mass is 35.5. The summed E-state index contributed by atoms with van der Waals surface area (Å²) in [6.45, 7) is 5.83. The lowest BCUT2D eigenvalue weighted by Crippen LogP contribution is -2.40. The van der Waals surface area contributed by atoms with E-state index in [4.69, 9.17) is 21.1 Å². The van der Waals surface area contributed by atoms with E-state index in [0.717, 1.165) is 5.39 Å². The third-order valence-corrected chi connectivity index (χ3v) is 4.13. The molecule has 0 saturated heterocycles. The Morgan fingerprint density at radius 3 is 2.83 bits per heavy atom. The first-order chi connectivity index (χ1) is 11.3. The van der Waals surface area contributed by atoms with Crippen LogP contribution >= 0.6 is 11.6 Å². The van der Waals surface area contributed by atoms with Crippen molar-refractivity contribution in [3.63, 3.8) is 0 Å². The van der Waals surface area contributed by atoms with E-state index >= 15 is 0 Å². The maximum absolute atomic E-state index is 12.1. The van der Waals surface area contributed by atoms with Gasteiger partial charge in [0.15, 0.2) is 6.61 Å². The zero-order chi connectivity index (χ0) is 17.7. The Morgan fingerprint density at radius 1 is 1.38 bits per heavy atom. The average molecular weight is 351 g/mol. The molecule has 5 nitrogen and oxygen atoms in total. The maximum atomic E-state index is 12.1. The molecule has 1 heterocycles.